The molecule has 1 unspecified atom stereocenters. The maximum atomic E-state index is 2.78. The van der Waals surface area contributed by atoms with Gasteiger partial charge in [-0.15, -0.1) is 0 Å². The van der Waals surface area contributed by atoms with E-state index in [4.69, 9.17) is 0 Å². The average Bonchev–Trinajstić information content (AvgIpc) is 3.41. The minimum Gasteiger partial charge on any atom is -0.285 e. The van der Waals surface area contributed by atoms with Crippen molar-refractivity contribution in [2.75, 3.05) is 19.0 Å². The molecule has 0 aromatic heterocycles. The lowest BCUT2D eigenvalue weighted by Gasteiger charge is -2.42. The summed E-state index contributed by atoms with van der Waals surface area (Å²) in [4.78, 5) is 2.78. The Morgan fingerprint density at radius 1 is 0.943 bits per heavy atom. The monoisotopic (exact) mass is 469 g/mol. The molecule has 2 aliphatic heterocycles. The number of rotatable bonds is 4. The van der Waals surface area contributed by atoms with Gasteiger partial charge in [-0.25, -0.2) is 0 Å². The number of hydrogen-bond donors (Lipinski definition) is 0. The molecule has 2 heterocycles. The maximum absolute atomic E-state index is 2.78. The van der Waals surface area contributed by atoms with Crippen LogP contribution in [0.5, 0.6) is 0 Å². The van der Waals surface area contributed by atoms with Gasteiger partial charge in [0.25, 0.3) is 0 Å². The van der Waals surface area contributed by atoms with Crippen LogP contribution in [0.2, 0.25) is 0 Å². The van der Waals surface area contributed by atoms with Crippen molar-refractivity contribution < 1.29 is 4.48 Å². The van der Waals surface area contributed by atoms with Gasteiger partial charge in [0.1, 0.15) is 11.9 Å². The molecule has 2 fully saturated rings. The topological polar surface area (TPSA) is 3.24 Å². The molecule has 0 amide bonds. The molecule has 0 N–H and O–H groups in total. The van der Waals surface area contributed by atoms with Crippen LogP contribution in [0.15, 0.2) is 48.7 Å². The highest BCUT2D eigenvalue weighted by Crippen LogP contribution is 2.66. The third kappa shape index (κ3) is 3.88. The summed E-state index contributed by atoms with van der Waals surface area (Å²) in [5.41, 5.74) is 9.79. The van der Waals surface area contributed by atoms with E-state index >= 15 is 0 Å². The number of anilines is 1. The van der Waals surface area contributed by atoms with Gasteiger partial charge in [-0.1, -0.05) is 96.2 Å². The van der Waals surface area contributed by atoms with E-state index in [1.807, 2.05) is 0 Å². The van der Waals surface area contributed by atoms with Crippen LogP contribution in [0.4, 0.5) is 5.69 Å². The highest BCUT2D eigenvalue weighted by molar-refractivity contribution is 5.87. The number of hydrogen-bond acceptors (Lipinski definition) is 1. The second-order valence-corrected chi connectivity index (χ2v) is 14.1. The van der Waals surface area contributed by atoms with E-state index in [9.17, 15) is 0 Å². The van der Waals surface area contributed by atoms with Crippen molar-refractivity contribution in [3.05, 3.63) is 70.9 Å². The van der Waals surface area contributed by atoms with Crippen LogP contribution in [-0.2, 0) is 18.3 Å². The highest BCUT2D eigenvalue weighted by atomic mass is 15.5. The Morgan fingerprint density at radius 2 is 1.66 bits per heavy atom. The zero-order valence-corrected chi connectivity index (χ0v) is 22.9. The van der Waals surface area contributed by atoms with Gasteiger partial charge >= 0.3 is 0 Å². The summed E-state index contributed by atoms with van der Waals surface area (Å²) < 4.78 is 0.955. The maximum Gasteiger partial charge on any atom is 0.176 e. The lowest BCUT2D eigenvalue weighted by Crippen LogP contribution is -2.53. The molecule has 0 bridgehead atoms. The average molecular weight is 470 g/mol. The van der Waals surface area contributed by atoms with Gasteiger partial charge in [0, 0.05) is 16.9 Å². The summed E-state index contributed by atoms with van der Waals surface area (Å²) in [7, 11) is 4.87. The van der Waals surface area contributed by atoms with Gasteiger partial charge in [-0.05, 0) is 53.4 Å². The van der Waals surface area contributed by atoms with Crippen molar-refractivity contribution in [1.82, 2.24) is 0 Å². The molecule has 0 spiro atoms. The molecule has 2 nitrogen and oxygen atoms in total. The SMILES string of the molecule is CC(C)(C)Cc1cccc(CC2CCCCC2)c1C1=C[N+](C)(C)[C@H]2[C@H]3CC3(C)c3ccccc3N12. The van der Waals surface area contributed by atoms with Gasteiger partial charge in [0.05, 0.1) is 19.8 Å². The third-order valence-corrected chi connectivity index (χ3v) is 9.55. The van der Waals surface area contributed by atoms with Crippen molar-refractivity contribution in [3.8, 4) is 0 Å². The van der Waals surface area contributed by atoms with Gasteiger partial charge < -0.3 is 0 Å². The molecule has 0 saturated heterocycles. The Morgan fingerprint density at radius 3 is 2.40 bits per heavy atom. The van der Waals surface area contributed by atoms with E-state index in [-0.39, 0.29) is 5.41 Å². The minimum absolute atomic E-state index is 0.260. The van der Waals surface area contributed by atoms with Gasteiger partial charge in [0.2, 0.25) is 0 Å². The first kappa shape index (κ1) is 23.3. The molecule has 2 saturated carbocycles. The predicted octanol–water partition coefficient (Wildman–Crippen LogP) is 7.91. The van der Waals surface area contributed by atoms with Crippen LogP contribution in [0.3, 0.4) is 0 Å². The Kier molecular flexibility index (Phi) is 5.32. The van der Waals surface area contributed by atoms with Gasteiger partial charge in [-0.3, -0.25) is 9.38 Å². The zero-order chi connectivity index (χ0) is 24.6. The summed E-state index contributed by atoms with van der Waals surface area (Å²) >= 11 is 0. The molecular weight excluding hydrogens is 424 g/mol. The molecule has 6 rings (SSSR count). The van der Waals surface area contributed by atoms with Crippen molar-refractivity contribution >= 4 is 11.4 Å². The summed E-state index contributed by atoms with van der Waals surface area (Å²) in [6.07, 6.45) is 13.8. The molecule has 2 aromatic carbocycles. The summed E-state index contributed by atoms with van der Waals surface area (Å²) in [5.74, 6) is 1.56. The normalized spacial score (nSPS) is 29.3. The van der Waals surface area contributed by atoms with Gasteiger partial charge in [0.15, 0.2) is 6.17 Å². The number of nitrogens with zero attached hydrogens (tertiary/aromatic N) is 2. The van der Waals surface area contributed by atoms with Crippen LogP contribution < -0.4 is 4.90 Å². The second kappa shape index (κ2) is 7.97. The summed E-state index contributed by atoms with van der Waals surface area (Å²) in [6, 6.07) is 16.5. The molecule has 4 aliphatic rings. The molecule has 186 valence electrons. The fourth-order valence-electron chi connectivity index (χ4n) is 7.88. The first-order chi connectivity index (χ1) is 16.6. The van der Waals surface area contributed by atoms with Crippen molar-refractivity contribution in [2.45, 2.75) is 90.6 Å². The molecule has 2 aromatic rings. The second-order valence-electron chi connectivity index (χ2n) is 14.1. The number of para-hydroxylation sites is 1. The van der Waals surface area contributed by atoms with E-state index in [1.165, 1.54) is 56.3 Å². The van der Waals surface area contributed by atoms with Crippen LogP contribution in [0, 0.1) is 17.3 Å². The minimum atomic E-state index is 0.260. The Labute approximate surface area is 213 Å². The lowest BCUT2D eigenvalue weighted by molar-refractivity contribution is -0.861. The molecule has 0 radical (unpaired) electrons. The standard InChI is InChI=1S/C33H45N2/c1-32(2,3)20-25-16-12-15-24(19-23-13-8-7-9-14-23)30(25)29-22-35(5,6)31-27-21-33(27,4)26-17-10-11-18-28(26)34(29)31/h10-12,15-18,22-23,27,31H,7-9,13-14,19-21H2,1-6H3/q+1/t27-,31+,33?/m1/s1. The summed E-state index contributed by atoms with van der Waals surface area (Å²) in [5, 5.41) is 0. The molecule has 35 heavy (non-hydrogen) atoms. The van der Waals surface area contributed by atoms with Gasteiger partial charge in [-0.2, -0.15) is 0 Å². The Balaban J connectivity index is 1.51. The number of benzene rings is 2. The number of quaternary nitrogens is 1. The highest BCUT2D eigenvalue weighted by Gasteiger charge is 2.67. The molecule has 2 heteroatoms. The molecule has 2 aliphatic carbocycles. The molecule has 3 atom stereocenters. The first-order valence-corrected chi connectivity index (χ1v) is 14.1. The smallest absolute Gasteiger partial charge is 0.176 e. The van der Waals surface area contributed by atoms with E-state index in [0.29, 0.717) is 11.6 Å². The quantitative estimate of drug-likeness (QED) is 0.411. The third-order valence-electron chi connectivity index (χ3n) is 9.55. The van der Waals surface area contributed by atoms with E-state index in [1.54, 1.807) is 22.3 Å². The van der Waals surface area contributed by atoms with Crippen LogP contribution >= 0.6 is 0 Å². The summed E-state index contributed by atoms with van der Waals surface area (Å²) in [6.45, 7) is 9.68. The van der Waals surface area contributed by atoms with E-state index in [0.717, 1.165) is 22.7 Å². The van der Waals surface area contributed by atoms with E-state index in [2.05, 4.69) is 95.4 Å². The fourth-order valence-corrected chi connectivity index (χ4v) is 7.88. The Bertz CT molecular complexity index is 1160. The van der Waals surface area contributed by atoms with Crippen molar-refractivity contribution in [1.29, 1.82) is 0 Å². The van der Waals surface area contributed by atoms with Crippen LogP contribution in [0.25, 0.3) is 5.70 Å². The largest absolute Gasteiger partial charge is 0.285 e. The van der Waals surface area contributed by atoms with Crippen LogP contribution in [-0.4, -0.2) is 24.7 Å². The van der Waals surface area contributed by atoms with Crippen molar-refractivity contribution in [2.24, 2.45) is 17.3 Å². The predicted molar refractivity (Wildman–Crippen MR) is 148 cm³/mol. The zero-order valence-electron chi connectivity index (χ0n) is 22.9. The molecular formula is C33H45N2+. The first-order valence-electron chi connectivity index (χ1n) is 14.1. The van der Waals surface area contributed by atoms with Crippen LogP contribution in [0.1, 0.15) is 88.5 Å². The Hall–Kier alpha value is -2.06. The van der Waals surface area contributed by atoms with Crippen molar-refractivity contribution in [3.63, 3.8) is 0 Å². The fraction of sp³-hybridized carbons (Fsp3) is 0.576. The lowest BCUT2D eigenvalue weighted by atomic mass is 9.80. The number of fused-ring (bicyclic) bond motifs is 6. The van der Waals surface area contributed by atoms with E-state index < -0.39 is 0 Å².